The van der Waals surface area contributed by atoms with Gasteiger partial charge in [-0.3, -0.25) is 0 Å². The lowest BCUT2D eigenvalue weighted by atomic mass is 10.1. The number of nitrogen functional groups attached to an aromatic ring is 1. The van der Waals surface area contributed by atoms with E-state index >= 15 is 0 Å². The molecule has 0 spiro atoms. The summed E-state index contributed by atoms with van der Waals surface area (Å²) in [4.78, 5) is 12.7. The van der Waals surface area contributed by atoms with E-state index in [1.165, 1.54) is 19.7 Å². The van der Waals surface area contributed by atoms with Gasteiger partial charge in [-0.25, -0.2) is 9.97 Å². The lowest BCUT2D eigenvalue weighted by Crippen LogP contribution is -2.03. The maximum absolute atomic E-state index is 5.83. The number of ether oxygens (including phenoxy) is 2. The van der Waals surface area contributed by atoms with Gasteiger partial charge in [0.05, 0.1) is 13.3 Å². The molecule has 2 rings (SSSR count). The van der Waals surface area contributed by atoms with Crippen LogP contribution in [0, 0.1) is 0 Å². The van der Waals surface area contributed by atoms with E-state index in [9.17, 15) is 0 Å². The average molecular weight is 314 g/mol. The molecular formula is C16H18N4O3. The zero-order valence-corrected chi connectivity index (χ0v) is 13.0. The molecule has 1 aromatic heterocycles. The second-order valence-electron chi connectivity index (χ2n) is 4.47. The summed E-state index contributed by atoms with van der Waals surface area (Å²) in [6, 6.07) is 5.60. The molecule has 120 valence electrons. The van der Waals surface area contributed by atoms with E-state index in [2.05, 4.69) is 26.5 Å². The number of aromatic nitrogens is 2. The molecule has 0 aliphatic heterocycles. The lowest BCUT2D eigenvalue weighted by molar-refractivity contribution is 0.215. The molecule has 7 heteroatoms. The Hall–Kier alpha value is -3.09. The first kappa shape index (κ1) is 16.3. The Kier molecular flexibility index (Phi) is 5.51. The summed E-state index contributed by atoms with van der Waals surface area (Å²) in [5.74, 6) is 1.58. The summed E-state index contributed by atoms with van der Waals surface area (Å²) in [5, 5.41) is 3.68. The predicted octanol–water partition coefficient (Wildman–Crippen LogP) is 2.57. The first-order valence-corrected chi connectivity index (χ1v) is 6.82. The van der Waals surface area contributed by atoms with Gasteiger partial charge >= 0.3 is 0 Å². The fourth-order valence-electron chi connectivity index (χ4n) is 1.89. The van der Waals surface area contributed by atoms with Gasteiger partial charge in [0, 0.05) is 0 Å². The fourth-order valence-corrected chi connectivity index (χ4v) is 1.89. The number of rotatable bonds is 7. The van der Waals surface area contributed by atoms with Crippen LogP contribution in [0.1, 0.15) is 11.1 Å². The minimum atomic E-state index is 0.234. The van der Waals surface area contributed by atoms with Crippen LogP contribution in [0.4, 0.5) is 5.82 Å². The normalized spacial score (nSPS) is 10.5. The topological polar surface area (TPSA) is 91.9 Å². The molecule has 1 aromatic carbocycles. The van der Waals surface area contributed by atoms with Crippen LogP contribution in [0.5, 0.6) is 17.4 Å². The van der Waals surface area contributed by atoms with Crippen molar-refractivity contribution in [3.05, 3.63) is 48.3 Å². The number of benzene rings is 1. The number of anilines is 1. The highest BCUT2D eigenvalue weighted by atomic mass is 16.6. The van der Waals surface area contributed by atoms with Crippen LogP contribution in [-0.4, -0.2) is 30.4 Å². The van der Waals surface area contributed by atoms with Gasteiger partial charge < -0.3 is 20.0 Å². The van der Waals surface area contributed by atoms with Crippen molar-refractivity contribution in [3.63, 3.8) is 0 Å². The van der Waals surface area contributed by atoms with Gasteiger partial charge in [-0.05, 0) is 24.1 Å². The lowest BCUT2D eigenvalue weighted by Gasteiger charge is -2.12. The first-order chi connectivity index (χ1) is 11.2. The first-order valence-electron chi connectivity index (χ1n) is 6.82. The van der Waals surface area contributed by atoms with Crippen LogP contribution in [0.3, 0.4) is 0 Å². The molecule has 2 N–H and O–H groups in total. The fraction of sp³-hybridized carbons (Fsp3) is 0.188. The predicted molar refractivity (Wildman–Crippen MR) is 88.0 cm³/mol. The van der Waals surface area contributed by atoms with Crippen molar-refractivity contribution in [1.29, 1.82) is 0 Å². The molecule has 23 heavy (non-hydrogen) atoms. The number of methoxy groups -OCH3 is 1. The van der Waals surface area contributed by atoms with Crippen molar-refractivity contribution >= 4 is 12.0 Å². The third-order valence-corrected chi connectivity index (χ3v) is 2.98. The zero-order chi connectivity index (χ0) is 16.7. The maximum atomic E-state index is 5.83. The second kappa shape index (κ2) is 7.79. The Morgan fingerprint density at radius 3 is 2.78 bits per heavy atom. The summed E-state index contributed by atoms with van der Waals surface area (Å²) in [6.45, 7) is 3.72. The average Bonchev–Trinajstić information content (AvgIpc) is 2.56. The van der Waals surface area contributed by atoms with E-state index in [0.29, 0.717) is 17.1 Å². The summed E-state index contributed by atoms with van der Waals surface area (Å²) in [6.07, 6.45) is 5.26. The third-order valence-electron chi connectivity index (χ3n) is 2.98. The van der Waals surface area contributed by atoms with E-state index in [1.807, 2.05) is 18.2 Å². The summed E-state index contributed by atoms with van der Waals surface area (Å²) >= 11 is 0. The van der Waals surface area contributed by atoms with Crippen LogP contribution < -0.4 is 15.2 Å². The van der Waals surface area contributed by atoms with Gasteiger partial charge in [0.25, 0.3) is 0 Å². The number of hydrogen-bond donors (Lipinski definition) is 1. The van der Waals surface area contributed by atoms with E-state index < -0.39 is 0 Å². The van der Waals surface area contributed by atoms with Crippen molar-refractivity contribution in [1.82, 2.24) is 9.97 Å². The standard InChI is InChI=1S/C16H18N4O3/c1-4-5-11-6-7-13(14(8-11)21-2)23-16-12(9-20-22-3)15(17)18-10-19-16/h4,6-10H,1,5H2,2-3H3,(H2,17,18,19)/b20-9+. The minimum absolute atomic E-state index is 0.234. The van der Waals surface area contributed by atoms with Crippen molar-refractivity contribution in [2.24, 2.45) is 5.16 Å². The molecule has 0 radical (unpaired) electrons. The van der Waals surface area contributed by atoms with Crippen LogP contribution in [0.25, 0.3) is 0 Å². The summed E-state index contributed by atoms with van der Waals surface area (Å²) in [7, 11) is 3.00. The van der Waals surface area contributed by atoms with Gasteiger partial charge in [-0.2, -0.15) is 0 Å². The summed E-state index contributed by atoms with van der Waals surface area (Å²) < 4.78 is 11.2. The molecule has 0 saturated heterocycles. The molecule has 0 aliphatic carbocycles. The highest BCUT2D eigenvalue weighted by molar-refractivity contribution is 5.88. The highest BCUT2D eigenvalue weighted by Crippen LogP contribution is 2.33. The van der Waals surface area contributed by atoms with E-state index in [-0.39, 0.29) is 11.7 Å². The Labute approximate surface area is 134 Å². The molecule has 0 atom stereocenters. The highest BCUT2D eigenvalue weighted by Gasteiger charge is 2.13. The van der Waals surface area contributed by atoms with Crippen LogP contribution in [0.15, 0.2) is 42.3 Å². The van der Waals surface area contributed by atoms with Gasteiger partial charge in [-0.1, -0.05) is 17.3 Å². The van der Waals surface area contributed by atoms with Crippen molar-refractivity contribution < 1.29 is 14.3 Å². The molecule has 0 bridgehead atoms. The zero-order valence-electron chi connectivity index (χ0n) is 13.0. The number of oxime groups is 1. The van der Waals surface area contributed by atoms with E-state index in [4.69, 9.17) is 15.2 Å². The molecule has 0 fully saturated rings. The maximum Gasteiger partial charge on any atom is 0.233 e. The van der Waals surface area contributed by atoms with Gasteiger partial charge in [-0.15, -0.1) is 6.58 Å². The third kappa shape index (κ3) is 3.97. The van der Waals surface area contributed by atoms with Gasteiger partial charge in [0.15, 0.2) is 11.5 Å². The van der Waals surface area contributed by atoms with Crippen molar-refractivity contribution in [2.45, 2.75) is 6.42 Å². The van der Waals surface area contributed by atoms with Crippen LogP contribution in [0.2, 0.25) is 0 Å². The Morgan fingerprint density at radius 2 is 2.09 bits per heavy atom. The quantitative estimate of drug-likeness (QED) is 0.480. The van der Waals surface area contributed by atoms with Gasteiger partial charge in [0.1, 0.15) is 24.8 Å². The molecule has 0 aliphatic rings. The Balaban J connectivity index is 2.37. The number of nitrogens with two attached hydrogens (primary N) is 1. The largest absolute Gasteiger partial charge is 0.493 e. The van der Waals surface area contributed by atoms with E-state index in [0.717, 1.165) is 12.0 Å². The molecule has 0 unspecified atom stereocenters. The monoisotopic (exact) mass is 314 g/mol. The molecule has 0 saturated carbocycles. The SMILES string of the molecule is C=CCc1ccc(Oc2ncnc(N)c2/C=N/OC)c(OC)c1. The van der Waals surface area contributed by atoms with E-state index in [1.54, 1.807) is 13.2 Å². The van der Waals surface area contributed by atoms with Crippen molar-refractivity contribution in [2.75, 3.05) is 20.0 Å². The smallest absolute Gasteiger partial charge is 0.233 e. The molecule has 7 nitrogen and oxygen atoms in total. The second-order valence-corrected chi connectivity index (χ2v) is 4.47. The number of nitrogens with zero attached hydrogens (tertiary/aromatic N) is 3. The molecular weight excluding hydrogens is 296 g/mol. The Morgan fingerprint density at radius 1 is 1.26 bits per heavy atom. The molecule has 0 amide bonds. The minimum Gasteiger partial charge on any atom is -0.493 e. The molecule has 2 aromatic rings. The Bertz CT molecular complexity index is 716. The summed E-state index contributed by atoms with van der Waals surface area (Å²) in [5.41, 5.74) is 7.32. The number of allylic oxidation sites excluding steroid dienone is 1. The van der Waals surface area contributed by atoms with Crippen molar-refractivity contribution in [3.8, 4) is 17.4 Å². The van der Waals surface area contributed by atoms with Crippen LogP contribution >= 0.6 is 0 Å². The van der Waals surface area contributed by atoms with Crippen LogP contribution in [-0.2, 0) is 11.3 Å². The number of hydrogen-bond acceptors (Lipinski definition) is 7. The molecule has 1 heterocycles. The van der Waals surface area contributed by atoms with Gasteiger partial charge in [0.2, 0.25) is 5.88 Å².